The van der Waals surface area contributed by atoms with Crippen molar-refractivity contribution in [1.29, 1.82) is 0 Å². The van der Waals surface area contributed by atoms with Crippen molar-refractivity contribution in [3.05, 3.63) is 24.8 Å². The van der Waals surface area contributed by atoms with Gasteiger partial charge in [0.05, 0.1) is 6.10 Å². The third-order valence-corrected chi connectivity index (χ3v) is 1.95. The number of aliphatic hydroxyl groups is 1. The molecule has 10 heavy (non-hydrogen) atoms. The minimum atomic E-state index is -0.136. The van der Waals surface area contributed by atoms with Crippen molar-refractivity contribution >= 4 is 0 Å². The van der Waals surface area contributed by atoms with E-state index in [-0.39, 0.29) is 6.10 Å². The zero-order valence-electron chi connectivity index (χ0n) is 6.16. The van der Waals surface area contributed by atoms with Gasteiger partial charge in [-0.1, -0.05) is 18.2 Å². The van der Waals surface area contributed by atoms with E-state index >= 15 is 0 Å². The second-order valence-electron chi connectivity index (χ2n) is 2.76. The molecule has 1 aliphatic rings. The molecule has 0 unspecified atom stereocenters. The summed E-state index contributed by atoms with van der Waals surface area (Å²) in [5, 5.41) is 9.40. The first-order chi connectivity index (χ1) is 4.84. The predicted molar refractivity (Wildman–Crippen MR) is 42.7 cm³/mol. The lowest BCUT2D eigenvalue weighted by atomic mass is 9.90. The van der Waals surface area contributed by atoms with E-state index in [1.165, 1.54) is 0 Å². The maximum Gasteiger partial charge on any atom is 0.0608 e. The molecule has 2 atom stereocenters. The third-order valence-electron chi connectivity index (χ3n) is 1.95. The quantitative estimate of drug-likeness (QED) is 0.578. The Balaban J connectivity index is 2.46. The van der Waals surface area contributed by atoms with Gasteiger partial charge in [0.15, 0.2) is 0 Å². The van der Waals surface area contributed by atoms with E-state index in [9.17, 15) is 5.11 Å². The standard InChI is InChI=1S/C9H14O/c1-2-5-8-6-3-4-7-9(8)10/h2-3,6,8-10H,1,4-5,7H2/t8-,9+/m0/s1. The van der Waals surface area contributed by atoms with Crippen LogP contribution < -0.4 is 0 Å². The molecule has 0 aliphatic heterocycles. The molecule has 0 amide bonds. The summed E-state index contributed by atoms with van der Waals surface area (Å²) >= 11 is 0. The molecule has 0 bridgehead atoms. The molecule has 0 saturated heterocycles. The summed E-state index contributed by atoms with van der Waals surface area (Å²) in [5.41, 5.74) is 0. The van der Waals surface area contributed by atoms with Gasteiger partial charge >= 0.3 is 0 Å². The van der Waals surface area contributed by atoms with Crippen LogP contribution in [-0.2, 0) is 0 Å². The fourth-order valence-electron chi connectivity index (χ4n) is 1.31. The van der Waals surface area contributed by atoms with E-state index in [4.69, 9.17) is 0 Å². The number of rotatable bonds is 2. The fraction of sp³-hybridized carbons (Fsp3) is 0.556. The summed E-state index contributed by atoms with van der Waals surface area (Å²) in [5.74, 6) is 0.325. The van der Waals surface area contributed by atoms with Crippen LogP contribution in [-0.4, -0.2) is 11.2 Å². The van der Waals surface area contributed by atoms with E-state index < -0.39 is 0 Å². The Hall–Kier alpha value is -0.560. The Morgan fingerprint density at radius 1 is 1.70 bits per heavy atom. The summed E-state index contributed by atoms with van der Waals surface area (Å²) in [6, 6.07) is 0. The van der Waals surface area contributed by atoms with Crippen molar-refractivity contribution < 1.29 is 5.11 Å². The molecule has 0 aromatic carbocycles. The van der Waals surface area contributed by atoms with Crippen LogP contribution in [0.4, 0.5) is 0 Å². The number of hydrogen-bond donors (Lipinski definition) is 1. The topological polar surface area (TPSA) is 20.2 Å². The molecular weight excluding hydrogens is 124 g/mol. The first kappa shape index (κ1) is 7.55. The van der Waals surface area contributed by atoms with Gasteiger partial charge in [0, 0.05) is 5.92 Å². The van der Waals surface area contributed by atoms with Gasteiger partial charge in [-0.25, -0.2) is 0 Å². The Labute approximate surface area is 62.1 Å². The molecule has 0 aromatic heterocycles. The lowest BCUT2D eigenvalue weighted by molar-refractivity contribution is 0.117. The Morgan fingerprint density at radius 2 is 2.50 bits per heavy atom. The molecular formula is C9H14O. The summed E-state index contributed by atoms with van der Waals surface area (Å²) in [6.45, 7) is 3.64. The van der Waals surface area contributed by atoms with Crippen LogP contribution >= 0.6 is 0 Å². The summed E-state index contributed by atoms with van der Waals surface area (Å²) in [4.78, 5) is 0. The average molecular weight is 138 g/mol. The molecule has 0 aromatic rings. The van der Waals surface area contributed by atoms with Crippen LogP contribution in [0.1, 0.15) is 19.3 Å². The SMILES string of the molecule is C=CC[C@H]1C=CCC[C@H]1O. The van der Waals surface area contributed by atoms with E-state index in [1.54, 1.807) is 0 Å². The highest BCUT2D eigenvalue weighted by molar-refractivity contribution is 4.99. The average Bonchev–Trinajstić information content (AvgIpc) is 1.94. The maximum atomic E-state index is 9.40. The van der Waals surface area contributed by atoms with Gasteiger partial charge in [-0.15, -0.1) is 6.58 Å². The third kappa shape index (κ3) is 1.71. The van der Waals surface area contributed by atoms with Crippen LogP contribution in [0, 0.1) is 5.92 Å². The molecule has 0 heterocycles. The normalized spacial score (nSPS) is 32.1. The van der Waals surface area contributed by atoms with Crippen molar-refractivity contribution in [3.8, 4) is 0 Å². The molecule has 1 N–H and O–H groups in total. The lowest BCUT2D eigenvalue weighted by Crippen LogP contribution is -2.20. The van der Waals surface area contributed by atoms with E-state index in [0.717, 1.165) is 19.3 Å². The number of hydrogen-bond acceptors (Lipinski definition) is 1. The number of allylic oxidation sites excluding steroid dienone is 2. The van der Waals surface area contributed by atoms with Crippen LogP contribution in [0.2, 0.25) is 0 Å². The van der Waals surface area contributed by atoms with E-state index in [0.29, 0.717) is 5.92 Å². The summed E-state index contributed by atoms with van der Waals surface area (Å²) in [6.07, 6.45) is 8.80. The van der Waals surface area contributed by atoms with Gasteiger partial charge in [0.2, 0.25) is 0 Å². The van der Waals surface area contributed by atoms with Crippen LogP contribution in [0.15, 0.2) is 24.8 Å². The molecule has 56 valence electrons. The van der Waals surface area contributed by atoms with Crippen molar-refractivity contribution in [3.63, 3.8) is 0 Å². The Bertz CT molecular complexity index is 138. The molecule has 0 fully saturated rings. The smallest absolute Gasteiger partial charge is 0.0608 e. The van der Waals surface area contributed by atoms with Crippen molar-refractivity contribution in [1.82, 2.24) is 0 Å². The van der Waals surface area contributed by atoms with Gasteiger partial charge in [-0.05, 0) is 19.3 Å². The highest BCUT2D eigenvalue weighted by Gasteiger charge is 2.16. The zero-order chi connectivity index (χ0) is 7.40. The highest BCUT2D eigenvalue weighted by Crippen LogP contribution is 2.20. The maximum absolute atomic E-state index is 9.40. The lowest BCUT2D eigenvalue weighted by Gasteiger charge is -2.21. The van der Waals surface area contributed by atoms with Crippen LogP contribution in [0.5, 0.6) is 0 Å². The minimum absolute atomic E-state index is 0.136. The monoisotopic (exact) mass is 138 g/mol. The van der Waals surface area contributed by atoms with Crippen molar-refractivity contribution in [2.24, 2.45) is 5.92 Å². The van der Waals surface area contributed by atoms with Gasteiger partial charge in [0.1, 0.15) is 0 Å². The molecule has 0 saturated carbocycles. The predicted octanol–water partition coefficient (Wildman–Crippen LogP) is 1.89. The van der Waals surface area contributed by atoms with Crippen molar-refractivity contribution in [2.45, 2.75) is 25.4 Å². The fourth-order valence-corrected chi connectivity index (χ4v) is 1.31. The first-order valence-electron chi connectivity index (χ1n) is 3.80. The highest BCUT2D eigenvalue weighted by atomic mass is 16.3. The molecule has 1 aliphatic carbocycles. The van der Waals surface area contributed by atoms with Gasteiger partial charge in [-0.2, -0.15) is 0 Å². The van der Waals surface area contributed by atoms with Gasteiger partial charge in [-0.3, -0.25) is 0 Å². The molecule has 1 nitrogen and oxygen atoms in total. The minimum Gasteiger partial charge on any atom is -0.392 e. The van der Waals surface area contributed by atoms with Crippen LogP contribution in [0.3, 0.4) is 0 Å². The molecule has 1 rings (SSSR count). The molecule has 0 radical (unpaired) electrons. The molecule has 1 heteroatoms. The second-order valence-corrected chi connectivity index (χ2v) is 2.76. The van der Waals surface area contributed by atoms with Crippen LogP contribution in [0.25, 0.3) is 0 Å². The van der Waals surface area contributed by atoms with Crippen molar-refractivity contribution in [2.75, 3.05) is 0 Å². The molecule has 0 spiro atoms. The summed E-state index contributed by atoms with van der Waals surface area (Å²) in [7, 11) is 0. The van der Waals surface area contributed by atoms with E-state index in [1.807, 2.05) is 6.08 Å². The summed E-state index contributed by atoms with van der Waals surface area (Å²) < 4.78 is 0. The zero-order valence-corrected chi connectivity index (χ0v) is 6.16. The second kappa shape index (κ2) is 3.57. The number of aliphatic hydroxyl groups excluding tert-OH is 1. The van der Waals surface area contributed by atoms with Gasteiger partial charge in [0.25, 0.3) is 0 Å². The largest absolute Gasteiger partial charge is 0.392 e. The Kier molecular flexibility index (Phi) is 2.69. The Morgan fingerprint density at radius 3 is 3.10 bits per heavy atom. The van der Waals surface area contributed by atoms with E-state index in [2.05, 4.69) is 18.7 Å². The van der Waals surface area contributed by atoms with Gasteiger partial charge < -0.3 is 5.11 Å². The first-order valence-corrected chi connectivity index (χ1v) is 3.80.